The van der Waals surface area contributed by atoms with Crippen LogP contribution in [0.25, 0.3) is 0 Å². The van der Waals surface area contributed by atoms with Crippen molar-refractivity contribution < 1.29 is 5.11 Å². The van der Waals surface area contributed by atoms with Gasteiger partial charge < -0.3 is 10.8 Å². The SMILES string of the molecule is Cc1cc(Cl)c(C(O)([Si](C)C)C(C)(C)C)cc1N. The monoisotopic (exact) mass is 284 g/mol. The molecule has 0 bridgehead atoms. The van der Waals surface area contributed by atoms with Gasteiger partial charge in [-0.2, -0.15) is 0 Å². The predicted octanol–water partition coefficient (Wildman–Crippen LogP) is 3.76. The minimum absolute atomic E-state index is 0.282. The van der Waals surface area contributed by atoms with E-state index in [0.29, 0.717) is 10.7 Å². The zero-order valence-electron chi connectivity index (χ0n) is 12.1. The molecule has 1 aromatic carbocycles. The summed E-state index contributed by atoms with van der Waals surface area (Å²) in [6, 6.07) is 3.67. The van der Waals surface area contributed by atoms with E-state index >= 15 is 0 Å². The van der Waals surface area contributed by atoms with Crippen LogP contribution in [0, 0.1) is 12.3 Å². The molecule has 1 atom stereocenters. The van der Waals surface area contributed by atoms with E-state index in [9.17, 15) is 5.11 Å². The summed E-state index contributed by atoms with van der Waals surface area (Å²) < 4.78 is 0. The van der Waals surface area contributed by atoms with Gasteiger partial charge in [-0.25, -0.2) is 0 Å². The van der Waals surface area contributed by atoms with Crippen LogP contribution >= 0.6 is 11.6 Å². The molecule has 1 unspecified atom stereocenters. The molecule has 0 saturated heterocycles. The Morgan fingerprint density at radius 2 is 1.72 bits per heavy atom. The number of halogens is 1. The molecule has 0 spiro atoms. The van der Waals surface area contributed by atoms with Crippen molar-refractivity contribution in [1.29, 1.82) is 0 Å². The van der Waals surface area contributed by atoms with E-state index in [1.54, 1.807) is 0 Å². The number of rotatable bonds is 2. The summed E-state index contributed by atoms with van der Waals surface area (Å²) in [6.45, 7) is 12.2. The zero-order valence-corrected chi connectivity index (χ0v) is 13.8. The average molecular weight is 285 g/mol. The van der Waals surface area contributed by atoms with E-state index in [2.05, 4.69) is 13.1 Å². The van der Waals surface area contributed by atoms with Gasteiger partial charge in [-0.05, 0) is 30.0 Å². The molecule has 4 heteroatoms. The number of aryl methyl sites for hydroxylation is 1. The maximum absolute atomic E-state index is 11.2. The van der Waals surface area contributed by atoms with E-state index in [0.717, 1.165) is 11.1 Å². The van der Waals surface area contributed by atoms with E-state index < -0.39 is 14.0 Å². The van der Waals surface area contributed by atoms with Crippen molar-refractivity contribution in [2.24, 2.45) is 5.41 Å². The summed E-state index contributed by atoms with van der Waals surface area (Å²) in [5, 5.41) is 10.9. The van der Waals surface area contributed by atoms with E-state index in [1.165, 1.54) is 0 Å². The third-order valence-electron chi connectivity index (χ3n) is 3.55. The van der Waals surface area contributed by atoms with Gasteiger partial charge in [0.25, 0.3) is 0 Å². The second-order valence-corrected chi connectivity index (χ2v) is 9.28. The second-order valence-electron chi connectivity index (χ2n) is 6.15. The lowest BCUT2D eigenvalue weighted by molar-refractivity contribution is 0.00874. The van der Waals surface area contributed by atoms with Crippen LogP contribution in [0.1, 0.15) is 31.9 Å². The summed E-state index contributed by atoms with van der Waals surface area (Å²) >= 11 is 6.34. The minimum Gasteiger partial charge on any atom is -0.399 e. The van der Waals surface area contributed by atoms with E-state index in [4.69, 9.17) is 17.3 Å². The Morgan fingerprint density at radius 1 is 1.22 bits per heavy atom. The third kappa shape index (κ3) is 2.44. The van der Waals surface area contributed by atoms with Crippen LogP contribution in [0.5, 0.6) is 0 Å². The zero-order chi connectivity index (χ0) is 14.3. The molecular formula is C14H23ClNOSi. The van der Waals surface area contributed by atoms with Gasteiger partial charge in [-0.15, -0.1) is 0 Å². The normalized spacial score (nSPS) is 15.8. The molecule has 0 aliphatic heterocycles. The molecule has 101 valence electrons. The standard InChI is InChI=1S/C14H23ClNOSi/c1-9-7-11(15)10(8-12(9)16)14(17,18(5)6)13(2,3)4/h7-8,17H,16H2,1-6H3. The second kappa shape index (κ2) is 4.87. The molecule has 0 aliphatic rings. The third-order valence-corrected chi connectivity index (χ3v) is 6.33. The van der Waals surface area contributed by atoms with Crippen LogP contribution in [0.4, 0.5) is 5.69 Å². The smallest absolute Gasteiger partial charge is 0.0889 e. The maximum Gasteiger partial charge on any atom is 0.0889 e. The first kappa shape index (κ1) is 15.5. The molecule has 18 heavy (non-hydrogen) atoms. The van der Waals surface area contributed by atoms with Crippen molar-refractivity contribution in [1.82, 2.24) is 0 Å². The highest BCUT2D eigenvalue weighted by Crippen LogP contribution is 2.45. The van der Waals surface area contributed by atoms with Crippen molar-refractivity contribution in [3.63, 3.8) is 0 Å². The Morgan fingerprint density at radius 3 is 2.11 bits per heavy atom. The van der Waals surface area contributed by atoms with Gasteiger partial charge in [0.15, 0.2) is 0 Å². The van der Waals surface area contributed by atoms with Crippen LogP contribution < -0.4 is 5.73 Å². The number of anilines is 1. The first-order valence-corrected chi connectivity index (χ1v) is 8.98. The summed E-state index contributed by atoms with van der Waals surface area (Å²) in [5.41, 5.74) is 8.08. The fourth-order valence-electron chi connectivity index (χ4n) is 2.39. The topological polar surface area (TPSA) is 46.2 Å². The summed E-state index contributed by atoms with van der Waals surface area (Å²) in [6.07, 6.45) is 0. The van der Waals surface area contributed by atoms with Crippen molar-refractivity contribution in [2.45, 2.75) is 46.0 Å². The van der Waals surface area contributed by atoms with Gasteiger partial charge in [0.05, 0.1) is 14.0 Å². The molecule has 0 heterocycles. The van der Waals surface area contributed by atoms with Crippen molar-refractivity contribution >= 4 is 26.1 Å². The van der Waals surface area contributed by atoms with Crippen LogP contribution in [-0.2, 0) is 5.22 Å². The molecule has 1 aromatic rings. The van der Waals surface area contributed by atoms with Crippen LogP contribution in [0.15, 0.2) is 12.1 Å². The number of nitrogens with two attached hydrogens (primary N) is 1. The number of benzene rings is 1. The summed E-state index contributed by atoms with van der Waals surface area (Å²) in [5.74, 6) is 0. The lowest BCUT2D eigenvalue weighted by atomic mass is 9.83. The van der Waals surface area contributed by atoms with Crippen LogP contribution in [0.2, 0.25) is 18.1 Å². The summed E-state index contributed by atoms with van der Waals surface area (Å²) in [4.78, 5) is 0. The summed E-state index contributed by atoms with van der Waals surface area (Å²) in [7, 11) is -1.02. The quantitative estimate of drug-likeness (QED) is 0.642. The van der Waals surface area contributed by atoms with Gasteiger partial charge in [-0.3, -0.25) is 0 Å². The highest BCUT2D eigenvalue weighted by atomic mass is 35.5. The molecule has 3 N–H and O–H groups in total. The molecule has 1 rings (SSSR count). The van der Waals surface area contributed by atoms with Gasteiger partial charge in [-0.1, -0.05) is 45.5 Å². The fourth-order valence-corrected chi connectivity index (χ4v) is 5.07. The van der Waals surface area contributed by atoms with Crippen molar-refractivity contribution in [2.75, 3.05) is 5.73 Å². The van der Waals surface area contributed by atoms with Crippen LogP contribution in [0.3, 0.4) is 0 Å². The van der Waals surface area contributed by atoms with Gasteiger partial charge in [0.1, 0.15) is 0 Å². The van der Waals surface area contributed by atoms with Gasteiger partial charge in [0.2, 0.25) is 0 Å². The maximum atomic E-state index is 11.2. The fraction of sp³-hybridized carbons (Fsp3) is 0.571. The van der Waals surface area contributed by atoms with E-state index in [-0.39, 0.29) is 5.41 Å². The minimum atomic E-state index is -1.02. The molecule has 0 amide bonds. The number of aliphatic hydroxyl groups is 1. The van der Waals surface area contributed by atoms with Gasteiger partial charge >= 0.3 is 0 Å². The molecule has 0 aromatic heterocycles. The number of nitrogen functional groups attached to an aromatic ring is 1. The van der Waals surface area contributed by atoms with Crippen molar-refractivity contribution in [3.05, 3.63) is 28.3 Å². The molecule has 0 aliphatic carbocycles. The highest BCUT2D eigenvalue weighted by Gasteiger charge is 2.46. The highest BCUT2D eigenvalue weighted by molar-refractivity contribution is 6.59. The number of hydrogen-bond acceptors (Lipinski definition) is 2. The lowest BCUT2D eigenvalue weighted by Crippen LogP contribution is -2.50. The first-order valence-electron chi connectivity index (χ1n) is 6.11. The van der Waals surface area contributed by atoms with Crippen molar-refractivity contribution in [3.8, 4) is 0 Å². The Labute approximate surface area is 117 Å². The molecule has 1 radical (unpaired) electrons. The largest absolute Gasteiger partial charge is 0.399 e. The Balaban J connectivity index is 3.55. The molecule has 0 saturated carbocycles. The molecule has 2 nitrogen and oxygen atoms in total. The molecule has 0 fully saturated rings. The Hall–Kier alpha value is -0.513. The lowest BCUT2D eigenvalue weighted by Gasteiger charge is -2.44. The van der Waals surface area contributed by atoms with E-state index in [1.807, 2.05) is 39.8 Å². The first-order chi connectivity index (χ1) is 8.01. The number of hydrogen-bond donors (Lipinski definition) is 2. The Kier molecular flexibility index (Phi) is 4.21. The molecular weight excluding hydrogens is 262 g/mol. The Bertz CT molecular complexity index is 454. The average Bonchev–Trinajstić information content (AvgIpc) is 2.20. The van der Waals surface area contributed by atoms with Crippen LogP contribution in [-0.4, -0.2) is 13.9 Å². The predicted molar refractivity (Wildman–Crippen MR) is 81.4 cm³/mol. The van der Waals surface area contributed by atoms with Gasteiger partial charge in [0, 0.05) is 16.3 Å².